The Kier molecular flexibility index (Phi) is 3.12. The molecule has 26 heavy (non-hydrogen) atoms. The molecule has 0 amide bonds. The van der Waals surface area contributed by atoms with Crippen LogP contribution >= 0.6 is 0 Å². The first-order chi connectivity index (χ1) is 12.7. The third-order valence-corrected chi connectivity index (χ3v) is 4.63. The van der Waals surface area contributed by atoms with Gasteiger partial charge in [0.25, 0.3) is 0 Å². The zero-order valence-electron chi connectivity index (χ0n) is 14.0. The van der Waals surface area contributed by atoms with Gasteiger partial charge in [-0.15, -0.1) is 0 Å². The van der Waals surface area contributed by atoms with Crippen molar-refractivity contribution in [2.45, 2.75) is 0 Å². The van der Waals surface area contributed by atoms with Crippen molar-refractivity contribution in [3.63, 3.8) is 0 Å². The lowest BCUT2D eigenvalue weighted by atomic mass is 10.0. The lowest BCUT2D eigenvalue weighted by molar-refractivity contribution is 0.411. The molecule has 0 aliphatic heterocycles. The van der Waals surface area contributed by atoms with Gasteiger partial charge in [-0.25, -0.2) is 4.79 Å². The fraction of sp³-hybridized carbons (Fsp3) is 0.0455. The van der Waals surface area contributed by atoms with Gasteiger partial charge in [0, 0.05) is 27.8 Å². The van der Waals surface area contributed by atoms with Gasteiger partial charge in [-0.3, -0.25) is 0 Å². The SMILES string of the molecule is COc1cccc2cc(-c3cc(=O)oc4c3ccc3ccccc34)oc12. The van der Waals surface area contributed by atoms with E-state index in [1.165, 1.54) is 6.07 Å². The topological polar surface area (TPSA) is 52.6 Å². The van der Waals surface area contributed by atoms with Gasteiger partial charge in [0.2, 0.25) is 0 Å². The van der Waals surface area contributed by atoms with E-state index in [9.17, 15) is 4.79 Å². The molecule has 0 saturated carbocycles. The van der Waals surface area contributed by atoms with E-state index in [0.717, 1.165) is 21.5 Å². The monoisotopic (exact) mass is 342 g/mol. The van der Waals surface area contributed by atoms with E-state index in [1.807, 2.05) is 60.7 Å². The van der Waals surface area contributed by atoms with E-state index >= 15 is 0 Å². The minimum absolute atomic E-state index is 0.406. The van der Waals surface area contributed by atoms with Crippen LogP contribution in [0.2, 0.25) is 0 Å². The van der Waals surface area contributed by atoms with Crippen molar-refractivity contribution in [3.05, 3.63) is 77.2 Å². The first-order valence-corrected chi connectivity index (χ1v) is 8.27. The number of methoxy groups -OCH3 is 1. The third kappa shape index (κ3) is 2.12. The van der Waals surface area contributed by atoms with Crippen LogP contribution in [0.1, 0.15) is 0 Å². The van der Waals surface area contributed by atoms with Crippen LogP contribution in [0.5, 0.6) is 5.75 Å². The van der Waals surface area contributed by atoms with E-state index in [-0.39, 0.29) is 0 Å². The Hall–Kier alpha value is -3.53. The van der Waals surface area contributed by atoms with Gasteiger partial charge < -0.3 is 13.6 Å². The van der Waals surface area contributed by atoms with Crippen molar-refractivity contribution in [2.24, 2.45) is 0 Å². The maximum Gasteiger partial charge on any atom is 0.336 e. The number of hydrogen-bond acceptors (Lipinski definition) is 4. The number of rotatable bonds is 2. The molecule has 126 valence electrons. The molecule has 0 spiro atoms. The summed E-state index contributed by atoms with van der Waals surface area (Å²) in [6.45, 7) is 0. The van der Waals surface area contributed by atoms with Gasteiger partial charge in [-0.05, 0) is 23.6 Å². The van der Waals surface area contributed by atoms with Gasteiger partial charge in [0.05, 0.1) is 7.11 Å². The highest BCUT2D eigenvalue weighted by molar-refractivity contribution is 6.08. The Balaban J connectivity index is 1.87. The maximum absolute atomic E-state index is 12.2. The van der Waals surface area contributed by atoms with Gasteiger partial charge in [0.1, 0.15) is 11.3 Å². The van der Waals surface area contributed by atoms with Gasteiger partial charge in [-0.2, -0.15) is 0 Å². The third-order valence-electron chi connectivity index (χ3n) is 4.63. The summed E-state index contributed by atoms with van der Waals surface area (Å²) in [5.41, 5.74) is 1.53. The van der Waals surface area contributed by atoms with Crippen LogP contribution in [0, 0.1) is 0 Å². The summed E-state index contributed by atoms with van der Waals surface area (Å²) in [6.07, 6.45) is 0. The zero-order chi connectivity index (χ0) is 17.7. The summed E-state index contributed by atoms with van der Waals surface area (Å²) in [4.78, 5) is 12.2. The van der Waals surface area contributed by atoms with Crippen LogP contribution < -0.4 is 10.4 Å². The molecule has 2 heterocycles. The normalized spacial score (nSPS) is 11.4. The van der Waals surface area contributed by atoms with Crippen LogP contribution in [0.15, 0.2) is 80.4 Å². The van der Waals surface area contributed by atoms with Gasteiger partial charge in [0.15, 0.2) is 11.3 Å². The van der Waals surface area contributed by atoms with Crippen LogP contribution in [0.25, 0.3) is 44.0 Å². The molecule has 0 aliphatic rings. The minimum Gasteiger partial charge on any atom is -0.493 e. The van der Waals surface area contributed by atoms with Crippen molar-refractivity contribution in [3.8, 4) is 17.1 Å². The maximum atomic E-state index is 12.2. The molecule has 0 radical (unpaired) electrons. The van der Waals surface area contributed by atoms with Crippen LogP contribution in [-0.2, 0) is 0 Å². The van der Waals surface area contributed by atoms with Crippen molar-refractivity contribution in [1.29, 1.82) is 0 Å². The first-order valence-electron chi connectivity index (χ1n) is 8.27. The summed E-state index contributed by atoms with van der Waals surface area (Å²) in [5, 5.41) is 3.67. The molecule has 2 aromatic heterocycles. The smallest absolute Gasteiger partial charge is 0.336 e. The molecular formula is C22H14O4. The van der Waals surface area contributed by atoms with E-state index in [2.05, 4.69) is 0 Å². The largest absolute Gasteiger partial charge is 0.493 e. The zero-order valence-corrected chi connectivity index (χ0v) is 14.0. The van der Waals surface area contributed by atoms with Gasteiger partial charge in [-0.1, -0.05) is 42.5 Å². The molecule has 0 fully saturated rings. The molecule has 0 unspecified atom stereocenters. The summed E-state index contributed by atoms with van der Waals surface area (Å²) in [5.74, 6) is 1.27. The first kappa shape index (κ1) is 14.8. The number of ether oxygens (including phenoxy) is 1. The molecule has 0 bridgehead atoms. The fourth-order valence-corrected chi connectivity index (χ4v) is 3.42. The van der Waals surface area contributed by atoms with E-state index in [4.69, 9.17) is 13.6 Å². The Morgan fingerprint density at radius 1 is 0.769 bits per heavy atom. The second kappa shape index (κ2) is 5.49. The second-order valence-corrected chi connectivity index (χ2v) is 6.13. The van der Waals surface area contributed by atoms with E-state index in [0.29, 0.717) is 28.2 Å². The Morgan fingerprint density at radius 2 is 1.62 bits per heavy atom. The molecule has 4 nitrogen and oxygen atoms in total. The number of furan rings is 1. The molecule has 3 aromatic carbocycles. The van der Waals surface area contributed by atoms with Crippen molar-refractivity contribution < 1.29 is 13.6 Å². The quantitative estimate of drug-likeness (QED) is 0.320. The Morgan fingerprint density at radius 3 is 2.50 bits per heavy atom. The van der Waals surface area contributed by atoms with Crippen molar-refractivity contribution in [1.82, 2.24) is 0 Å². The summed E-state index contributed by atoms with van der Waals surface area (Å²) >= 11 is 0. The highest BCUT2D eigenvalue weighted by Gasteiger charge is 2.15. The van der Waals surface area contributed by atoms with Gasteiger partial charge >= 0.3 is 5.63 Å². The number of fused-ring (bicyclic) bond motifs is 4. The predicted molar refractivity (Wildman–Crippen MR) is 102 cm³/mol. The lowest BCUT2D eigenvalue weighted by Crippen LogP contribution is -1.98. The lowest BCUT2D eigenvalue weighted by Gasteiger charge is -2.06. The fourth-order valence-electron chi connectivity index (χ4n) is 3.42. The molecule has 4 heteroatoms. The number of hydrogen-bond donors (Lipinski definition) is 0. The summed E-state index contributed by atoms with van der Waals surface area (Å²) < 4.78 is 17.0. The number of para-hydroxylation sites is 1. The minimum atomic E-state index is -0.406. The number of benzene rings is 3. The standard InChI is InChI=1S/C22H14O4/c1-24-18-8-4-6-14-11-19(25-21(14)18)17-12-20(23)26-22-15-7-3-2-5-13(15)9-10-16(17)22/h2-12H,1H3. The van der Waals surface area contributed by atoms with Crippen LogP contribution in [-0.4, -0.2) is 7.11 Å². The van der Waals surface area contributed by atoms with Crippen molar-refractivity contribution in [2.75, 3.05) is 7.11 Å². The average Bonchev–Trinajstić information content (AvgIpc) is 3.11. The summed E-state index contributed by atoms with van der Waals surface area (Å²) in [7, 11) is 1.61. The highest BCUT2D eigenvalue weighted by Crippen LogP contribution is 2.37. The van der Waals surface area contributed by atoms with Crippen LogP contribution in [0.3, 0.4) is 0 Å². The molecule has 0 N–H and O–H groups in total. The van der Waals surface area contributed by atoms with Crippen molar-refractivity contribution >= 4 is 32.7 Å². The average molecular weight is 342 g/mol. The molecular weight excluding hydrogens is 328 g/mol. The molecule has 0 saturated heterocycles. The predicted octanol–water partition coefficient (Wildman–Crippen LogP) is 5.37. The Bertz CT molecular complexity index is 1340. The molecule has 0 aliphatic carbocycles. The summed E-state index contributed by atoms with van der Waals surface area (Å²) in [6, 6.07) is 20.9. The molecule has 5 aromatic rings. The molecule has 5 rings (SSSR count). The Labute approximate surface area is 148 Å². The van der Waals surface area contributed by atoms with E-state index in [1.54, 1.807) is 7.11 Å². The van der Waals surface area contributed by atoms with E-state index < -0.39 is 5.63 Å². The van der Waals surface area contributed by atoms with Crippen LogP contribution in [0.4, 0.5) is 0 Å². The molecule has 0 atom stereocenters. The highest BCUT2D eigenvalue weighted by atomic mass is 16.5. The second-order valence-electron chi connectivity index (χ2n) is 6.13.